The molecule has 28 heavy (non-hydrogen) atoms. The lowest BCUT2D eigenvalue weighted by atomic mass is 9.80. The van der Waals surface area contributed by atoms with Crippen LogP contribution in [0.1, 0.15) is 56.6 Å². The zero-order valence-corrected chi connectivity index (χ0v) is 16.6. The minimum Gasteiger partial charge on any atom is -0.352 e. The van der Waals surface area contributed by atoms with Gasteiger partial charge in [-0.2, -0.15) is 13.2 Å². The molecular weight excluding hydrogens is 365 g/mol. The summed E-state index contributed by atoms with van der Waals surface area (Å²) in [7, 11) is 0. The third-order valence-electron chi connectivity index (χ3n) is 6.14. The highest BCUT2D eigenvalue weighted by Crippen LogP contribution is 2.39. The lowest BCUT2D eigenvalue weighted by molar-refractivity contribution is -0.186. The second-order valence-corrected chi connectivity index (χ2v) is 8.62. The summed E-state index contributed by atoms with van der Waals surface area (Å²) in [5.74, 6) is -1.37. The molecule has 2 fully saturated rings. The fourth-order valence-electron chi connectivity index (χ4n) is 4.51. The quantitative estimate of drug-likeness (QED) is 0.768. The van der Waals surface area contributed by atoms with Crippen molar-refractivity contribution in [3.05, 3.63) is 35.4 Å². The first-order valence-electron chi connectivity index (χ1n) is 10.5. The maximum absolute atomic E-state index is 12.9. The number of rotatable bonds is 5. The van der Waals surface area contributed by atoms with Crippen LogP contribution in [0.2, 0.25) is 0 Å². The molecule has 1 aliphatic heterocycles. The predicted molar refractivity (Wildman–Crippen MR) is 103 cm³/mol. The van der Waals surface area contributed by atoms with E-state index in [-0.39, 0.29) is 18.7 Å². The SMILES string of the molecule is CC1CCCN(Cc2ccc(CNC(=O)C3CCCC(C(F)(F)F)C3)cc2)C1. The Balaban J connectivity index is 1.46. The van der Waals surface area contributed by atoms with Gasteiger partial charge in [-0.3, -0.25) is 9.69 Å². The summed E-state index contributed by atoms with van der Waals surface area (Å²) >= 11 is 0. The fourth-order valence-corrected chi connectivity index (χ4v) is 4.51. The van der Waals surface area contributed by atoms with Gasteiger partial charge in [-0.1, -0.05) is 37.6 Å². The Labute approximate surface area is 165 Å². The second-order valence-electron chi connectivity index (χ2n) is 8.62. The van der Waals surface area contributed by atoms with Crippen molar-refractivity contribution in [3.8, 4) is 0 Å². The van der Waals surface area contributed by atoms with Crippen molar-refractivity contribution in [1.82, 2.24) is 10.2 Å². The van der Waals surface area contributed by atoms with Gasteiger partial charge in [-0.25, -0.2) is 0 Å². The summed E-state index contributed by atoms with van der Waals surface area (Å²) in [5.41, 5.74) is 2.23. The maximum Gasteiger partial charge on any atom is 0.391 e. The maximum atomic E-state index is 12.9. The van der Waals surface area contributed by atoms with Crippen LogP contribution >= 0.6 is 0 Å². The van der Waals surface area contributed by atoms with Crippen LogP contribution in [0.4, 0.5) is 13.2 Å². The van der Waals surface area contributed by atoms with E-state index >= 15 is 0 Å². The molecule has 2 aliphatic rings. The molecule has 1 saturated carbocycles. The molecule has 156 valence electrons. The van der Waals surface area contributed by atoms with Gasteiger partial charge in [0.1, 0.15) is 0 Å². The van der Waals surface area contributed by atoms with Crippen LogP contribution in [0.15, 0.2) is 24.3 Å². The van der Waals surface area contributed by atoms with Gasteiger partial charge in [-0.05, 0) is 55.7 Å². The van der Waals surface area contributed by atoms with E-state index in [0.717, 1.165) is 31.1 Å². The number of alkyl halides is 3. The molecule has 1 aromatic carbocycles. The van der Waals surface area contributed by atoms with Gasteiger partial charge in [0.2, 0.25) is 5.91 Å². The molecule has 6 heteroatoms. The molecule has 0 radical (unpaired) electrons. The Kier molecular flexibility index (Phi) is 7.02. The van der Waals surface area contributed by atoms with E-state index in [2.05, 4.69) is 29.3 Å². The zero-order valence-electron chi connectivity index (χ0n) is 16.6. The van der Waals surface area contributed by atoms with Crippen molar-refractivity contribution in [2.75, 3.05) is 13.1 Å². The normalized spacial score (nSPS) is 26.8. The highest BCUT2D eigenvalue weighted by atomic mass is 19.4. The number of nitrogens with zero attached hydrogens (tertiary/aromatic N) is 1. The minimum absolute atomic E-state index is 0.0808. The Bertz CT molecular complexity index is 644. The number of piperidine rings is 1. The molecule has 0 spiro atoms. The smallest absolute Gasteiger partial charge is 0.352 e. The van der Waals surface area contributed by atoms with E-state index in [4.69, 9.17) is 0 Å². The van der Waals surface area contributed by atoms with Crippen molar-refractivity contribution in [2.24, 2.45) is 17.8 Å². The highest BCUT2D eigenvalue weighted by molar-refractivity contribution is 5.78. The molecular formula is C22H31F3N2O. The average Bonchev–Trinajstić information content (AvgIpc) is 2.67. The Hall–Kier alpha value is -1.56. The van der Waals surface area contributed by atoms with E-state index in [1.54, 1.807) is 0 Å². The number of likely N-dealkylation sites (tertiary alicyclic amines) is 1. The molecule has 3 rings (SSSR count). The number of amides is 1. The van der Waals surface area contributed by atoms with Gasteiger partial charge in [-0.15, -0.1) is 0 Å². The monoisotopic (exact) mass is 396 g/mol. The lowest BCUT2D eigenvalue weighted by Gasteiger charge is -2.30. The molecule has 3 unspecified atom stereocenters. The van der Waals surface area contributed by atoms with Crippen LogP contribution < -0.4 is 5.32 Å². The number of nitrogens with one attached hydrogen (secondary N) is 1. The lowest BCUT2D eigenvalue weighted by Crippen LogP contribution is -2.37. The van der Waals surface area contributed by atoms with Crippen molar-refractivity contribution in [3.63, 3.8) is 0 Å². The molecule has 1 aromatic rings. The first-order chi connectivity index (χ1) is 13.3. The predicted octanol–water partition coefficient (Wildman–Crippen LogP) is 4.90. The van der Waals surface area contributed by atoms with Crippen molar-refractivity contribution < 1.29 is 18.0 Å². The van der Waals surface area contributed by atoms with Crippen molar-refractivity contribution >= 4 is 5.91 Å². The zero-order chi connectivity index (χ0) is 20.1. The number of carbonyl (C=O) groups excluding carboxylic acids is 1. The standard InChI is InChI=1S/C22H31F3N2O/c1-16-4-3-11-27(14-16)15-18-9-7-17(8-10-18)13-26-21(28)19-5-2-6-20(12-19)22(23,24)25/h7-10,16,19-20H,2-6,11-15H2,1H3,(H,26,28). The summed E-state index contributed by atoms with van der Waals surface area (Å²) in [5, 5.41) is 2.83. The number of carbonyl (C=O) groups is 1. The Morgan fingerprint density at radius 1 is 1.11 bits per heavy atom. The Morgan fingerprint density at radius 2 is 1.82 bits per heavy atom. The van der Waals surface area contributed by atoms with Gasteiger partial charge in [0.15, 0.2) is 0 Å². The minimum atomic E-state index is -4.19. The van der Waals surface area contributed by atoms with Gasteiger partial charge in [0.05, 0.1) is 5.92 Å². The van der Waals surface area contributed by atoms with E-state index in [0.29, 0.717) is 19.4 Å². The summed E-state index contributed by atoms with van der Waals surface area (Å²) in [6.07, 6.45) is -0.562. The van der Waals surface area contributed by atoms with Crippen LogP contribution in [-0.4, -0.2) is 30.1 Å². The second kappa shape index (κ2) is 9.29. The van der Waals surface area contributed by atoms with E-state index in [1.807, 2.05) is 12.1 Å². The third kappa shape index (κ3) is 5.97. The van der Waals surface area contributed by atoms with Crippen molar-refractivity contribution in [1.29, 1.82) is 0 Å². The van der Waals surface area contributed by atoms with Gasteiger partial charge in [0, 0.05) is 25.6 Å². The molecule has 1 N–H and O–H groups in total. The molecule has 3 atom stereocenters. The molecule has 1 heterocycles. The molecule has 1 saturated heterocycles. The number of hydrogen-bond donors (Lipinski definition) is 1. The number of benzene rings is 1. The van der Waals surface area contributed by atoms with E-state index in [9.17, 15) is 18.0 Å². The van der Waals surface area contributed by atoms with Crippen molar-refractivity contribution in [2.45, 2.75) is 64.7 Å². The van der Waals surface area contributed by atoms with Crippen LogP contribution in [0.25, 0.3) is 0 Å². The third-order valence-corrected chi connectivity index (χ3v) is 6.14. The molecule has 0 aromatic heterocycles. The molecule has 0 bridgehead atoms. The summed E-state index contributed by atoms with van der Waals surface area (Å²) in [6.45, 7) is 5.88. The van der Waals surface area contributed by atoms with Gasteiger partial charge < -0.3 is 5.32 Å². The number of halogens is 3. The summed E-state index contributed by atoms with van der Waals surface area (Å²) in [6, 6.07) is 8.17. The van der Waals surface area contributed by atoms with Crippen LogP contribution in [0, 0.1) is 17.8 Å². The molecule has 3 nitrogen and oxygen atoms in total. The summed E-state index contributed by atoms with van der Waals surface area (Å²) < 4.78 is 38.8. The summed E-state index contributed by atoms with van der Waals surface area (Å²) in [4.78, 5) is 14.8. The van der Waals surface area contributed by atoms with E-state index < -0.39 is 18.0 Å². The molecule has 1 aliphatic carbocycles. The Morgan fingerprint density at radius 3 is 2.50 bits per heavy atom. The van der Waals surface area contributed by atoms with Gasteiger partial charge >= 0.3 is 6.18 Å². The average molecular weight is 396 g/mol. The van der Waals surface area contributed by atoms with Crippen LogP contribution in [0.5, 0.6) is 0 Å². The topological polar surface area (TPSA) is 32.3 Å². The first kappa shape index (κ1) is 21.2. The highest BCUT2D eigenvalue weighted by Gasteiger charge is 2.43. The first-order valence-corrected chi connectivity index (χ1v) is 10.5. The van der Waals surface area contributed by atoms with Crippen LogP contribution in [0.3, 0.4) is 0 Å². The largest absolute Gasteiger partial charge is 0.391 e. The number of hydrogen-bond acceptors (Lipinski definition) is 2. The molecule has 1 amide bonds. The fraction of sp³-hybridized carbons (Fsp3) is 0.682. The van der Waals surface area contributed by atoms with E-state index in [1.165, 1.54) is 18.4 Å². The van der Waals surface area contributed by atoms with Gasteiger partial charge in [0.25, 0.3) is 0 Å². The van der Waals surface area contributed by atoms with Crippen LogP contribution in [-0.2, 0) is 17.9 Å².